The van der Waals surface area contributed by atoms with Crippen LogP contribution in [0.3, 0.4) is 0 Å². The second kappa shape index (κ2) is 6.06. The number of para-hydroxylation sites is 1. The molecule has 1 saturated carbocycles. The molecule has 0 heterocycles. The molecule has 1 fully saturated rings. The number of hydrogen-bond acceptors (Lipinski definition) is 2. The molecule has 0 atom stereocenters. The molecule has 2 heteroatoms. The predicted octanol–water partition coefficient (Wildman–Crippen LogP) is 3.22. The highest BCUT2D eigenvalue weighted by molar-refractivity contribution is 5.42. The third kappa shape index (κ3) is 4.39. The Morgan fingerprint density at radius 3 is 2.53 bits per heavy atom. The van der Waals surface area contributed by atoms with Crippen LogP contribution >= 0.6 is 0 Å². The van der Waals surface area contributed by atoms with Gasteiger partial charge in [-0.3, -0.25) is 4.90 Å². The molecule has 1 N–H and O–H groups in total. The molecule has 1 aromatic carbocycles. The van der Waals surface area contributed by atoms with Crippen LogP contribution in [-0.4, -0.2) is 30.6 Å². The average Bonchev–Trinajstić information content (AvgIpc) is 3.13. The van der Waals surface area contributed by atoms with Crippen LogP contribution in [0.5, 0.6) is 0 Å². The Labute approximate surface area is 105 Å². The lowest BCUT2D eigenvalue weighted by Gasteiger charge is -2.26. The summed E-state index contributed by atoms with van der Waals surface area (Å²) in [6.45, 7) is 8.06. The molecule has 0 bridgehead atoms. The fourth-order valence-electron chi connectivity index (χ4n) is 2.09. The van der Waals surface area contributed by atoms with Crippen molar-refractivity contribution in [1.29, 1.82) is 0 Å². The number of hydrogen-bond donors (Lipinski definition) is 1. The fraction of sp³-hybridized carbons (Fsp3) is 0.600. The first-order valence-electron chi connectivity index (χ1n) is 6.78. The van der Waals surface area contributed by atoms with Gasteiger partial charge < -0.3 is 5.32 Å². The van der Waals surface area contributed by atoms with Crippen LogP contribution in [0.2, 0.25) is 0 Å². The maximum atomic E-state index is 3.48. The molecule has 2 nitrogen and oxygen atoms in total. The van der Waals surface area contributed by atoms with E-state index < -0.39 is 0 Å². The monoisotopic (exact) mass is 232 g/mol. The van der Waals surface area contributed by atoms with Crippen molar-refractivity contribution in [2.45, 2.75) is 32.7 Å². The summed E-state index contributed by atoms with van der Waals surface area (Å²) in [7, 11) is 0. The highest BCUT2D eigenvalue weighted by Gasteiger charge is 2.24. The van der Waals surface area contributed by atoms with E-state index in [1.807, 2.05) is 0 Å². The van der Waals surface area contributed by atoms with Crippen LogP contribution in [0.1, 0.15) is 26.7 Å². The fourth-order valence-corrected chi connectivity index (χ4v) is 2.09. The quantitative estimate of drug-likeness (QED) is 0.776. The van der Waals surface area contributed by atoms with Crippen molar-refractivity contribution in [3.05, 3.63) is 30.3 Å². The summed E-state index contributed by atoms with van der Waals surface area (Å²) in [4.78, 5) is 2.59. The van der Waals surface area contributed by atoms with Crippen molar-refractivity contribution >= 4 is 5.69 Å². The molecule has 0 amide bonds. The van der Waals surface area contributed by atoms with E-state index in [4.69, 9.17) is 0 Å². The molecule has 1 aliphatic carbocycles. The molecular formula is C15H24N2. The van der Waals surface area contributed by atoms with Gasteiger partial charge in [0.05, 0.1) is 0 Å². The van der Waals surface area contributed by atoms with Crippen LogP contribution in [0, 0.1) is 5.92 Å². The number of nitrogens with one attached hydrogen (secondary N) is 1. The first kappa shape index (κ1) is 12.4. The minimum atomic E-state index is 0.660. The Morgan fingerprint density at radius 1 is 1.24 bits per heavy atom. The third-order valence-electron chi connectivity index (χ3n) is 3.42. The van der Waals surface area contributed by atoms with Gasteiger partial charge in [-0.05, 0) is 44.7 Å². The second-order valence-electron chi connectivity index (χ2n) is 5.32. The smallest absolute Gasteiger partial charge is 0.0340 e. The summed E-state index contributed by atoms with van der Waals surface area (Å²) in [5.74, 6) is 0.981. The molecule has 0 saturated heterocycles. The third-order valence-corrected chi connectivity index (χ3v) is 3.42. The first-order valence-corrected chi connectivity index (χ1v) is 6.78. The number of nitrogens with zero attached hydrogens (tertiary/aromatic N) is 1. The summed E-state index contributed by atoms with van der Waals surface area (Å²) in [5, 5.41) is 3.48. The number of rotatable bonds is 7. The van der Waals surface area contributed by atoms with Gasteiger partial charge in [0.2, 0.25) is 0 Å². The number of benzene rings is 1. The van der Waals surface area contributed by atoms with Gasteiger partial charge in [-0.15, -0.1) is 0 Å². The van der Waals surface area contributed by atoms with E-state index in [0.717, 1.165) is 19.0 Å². The van der Waals surface area contributed by atoms with E-state index in [1.54, 1.807) is 0 Å². The number of anilines is 1. The zero-order chi connectivity index (χ0) is 12.1. The van der Waals surface area contributed by atoms with Gasteiger partial charge in [-0.2, -0.15) is 0 Å². The Bertz CT molecular complexity index is 317. The van der Waals surface area contributed by atoms with Gasteiger partial charge >= 0.3 is 0 Å². The lowest BCUT2D eigenvalue weighted by atomic mass is 10.2. The summed E-state index contributed by atoms with van der Waals surface area (Å²) >= 11 is 0. The van der Waals surface area contributed by atoms with Crippen molar-refractivity contribution in [2.75, 3.05) is 25.0 Å². The summed E-state index contributed by atoms with van der Waals surface area (Å²) in [6, 6.07) is 11.1. The average molecular weight is 232 g/mol. The molecule has 94 valence electrons. The largest absolute Gasteiger partial charge is 0.384 e. The maximum Gasteiger partial charge on any atom is 0.0340 e. The molecule has 0 unspecified atom stereocenters. The van der Waals surface area contributed by atoms with Crippen LogP contribution in [0.25, 0.3) is 0 Å². The highest BCUT2D eigenvalue weighted by Crippen LogP contribution is 2.30. The van der Waals surface area contributed by atoms with E-state index in [9.17, 15) is 0 Å². The Morgan fingerprint density at radius 2 is 1.94 bits per heavy atom. The molecule has 1 aromatic rings. The van der Waals surface area contributed by atoms with Crippen molar-refractivity contribution < 1.29 is 0 Å². The molecular weight excluding hydrogens is 208 g/mol. The van der Waals surface area contributed by atoms with Crippen LogP contribution in [0.15, 0.2) is 30.3 Å². The van der Waals surface area contributed by atoms with Crippen molar-refractivity contribution in [2.24, 2.45) is 5.92 Å². The Balaban J connectivity index is 1.71. The van der Waals surface area contributed by atoms with Gasteiger partial charge in [0.25, 0.3) is 0 Å². The summed E-state index contributed by atoms with van der Waals surface area (Å²) < 4.78 is 0. The molecule has 2 rings (SSSR count). The molecule has 0 aliphatic heterocycles. The Hall–Kier alpha value is -1.02. The predicted molar refractivity (Wildman–Crippen MR) is 74.4 cm³/mol. The lowest BCUT2D eigenvalue weighted by Crippen LogP contribution is -2.36. The first-order chi connectivity index (χ1) is 8.25. The zero-order valence-electron chi connectivity index (χ0n) is 11.0. The van der Waals surface area contributed by atoms with Crippen LogP contribution < -0.4 is 5.32 Å². The molecule has 0 spiro atoms. The maximum absolute atomic E-state index is 3.48. The lowest BCUT2D eigenvalue weighted by molar-refractivity contribution is 0.221. The topological polar surface area (TPSA) is 15.3 Å². The molecule has 0 radical (unpaired) electrons. The normalized spacial score (nSPS) is 15.5. The zero-order valence-corrected chi connectivity index (χ0v) is 11.0. The molecule has 0 aromatic heterocycles. The molecule has 17 heavy (non-hydrogen) atoms. The molecule has 1 aliphatic rings. The van der Waals surface area contributed by atoms with E-state index in [2.05, 4.69) is 54.4 Å². The highest BCUT2D eigenvalue weighted by atomic mass is 15.2. The van der Waals surface area contributed by atoms with Gasteiger partial charge in [0.1, 0.15) is 0 Å². The summed E-state index contributed by atoms with van der Waals surface area (Å²) in [5.41, 5.74) is 1.22. The van der Waals surface area contributed by atoms with Gasteiger partial charge in [0, 0.05) is 31.4 Å². The van der Waals surface area contributed by atoms with Gasteiger partial charge in [-0.1, -0.05) is 18.2 Å². The van der Waals surface area contributed by atoms with E-state index in [1.165, 1.54) is 25.1 Å². The van der Waals surface area contributed by atoms with E-state index in [-0.39, 0.29) is 0 Å². The standard InChI is InChI=1S/C15H24N2/c1-13(2)17(12-14-8-9-14)11-10-16-15-6-4-3-5-7-15/h3-7,13-14,16H,8-12H2,1-2H3. The minimum Gasteiger partial charge on any atom is -0.384 e. The van der Waals surface area contributed by atoms with Gasteiger partial charge in [-0.25, -0.2) is 0 Å². The van der Waals surface area contributed by atoms with E-state index >= 15 is 0 Å². The van der Waals surface area contributed by atoms with Crippen molar-refractivity contribution in [1.82, 2.24) is 4.90 Å². The second-order valence-corrected chi connectivity index (χ2v) is 5.32. The minimum absolute atomic E-state index is 0.660. The Kier molecular flexibility index (Phi) is 4.43. The SMILES string of the molecule is CC(C)N(CCNc1ccccc1)CC1CC1. The van der Waals surface area contributed by atoms with E-state index in [0.29, 0.717) is 6.04 Å². The summed E-state index contributed by atoms with van der Waals surface area (Å²) in [6.07, 6.45) is 2.88. The van der Waals surface area contributed by atoms with Gasteiger partial charge in [0.15, 0.2) is 0 Å². The van der Waals surface area contributed by atoms with Crippen LogP contribution in [-0.2, 0) is 0 Å². The van der Waals surface area contributed by atoms with Crippen LogP contribution in [0.4, 0.5) is 5.69 Å². The van der Waals surface area contributed by atoms with Crippen molar-refractivity contribution in [3.63, 3.8) is 0 Å². The van der Waals surface area contributed by atoms with Crippen molar-refractivity contribution in [3.8, 4) is 0 Å².